The van der Waals surface area contributed by atoms with Gasteiger partial charge in [0.25, 0.3) is 0 Å². The zero-order valence-electron chi connectivity index (χ0n) is 15.2. The third-order valence-corrected chi connectivity index (χ3v) is 5.25. The van der Waals surface area contributed by atoms with E-state index in [1.165, 1.54) is 30.5 Å². The van der Waals surface area contributed by atoms with E-state index in [1.54, 1.807) is 19.0 Å². The summed E-state index contributed by atoms with van der Waals surface area (Å²) in [5.41, 5.74) is 0.778. The maximum Gasteiger partial charge on any atom is 0.237 e. The third kappa shape index (κ3) is 5.04. The van der Waals surface area contributed by atoms with Gasteiger partial charge in [0.2, 0.25) is 16.0 Å². The molecule has 0 aliphatic carbocycles. The lowest BCUT2D eigenvalue weighted by Crippen LogP contribution is -2.37. The van der Waals surface area contributed by atoms with Gasteiger partial charge in [-0.2, -0.15) is 4.98 Å². The van der Waals surface area contributed by atoms with Crippen LogP contribution in [0.15, 0.2) is 30.5 Å². The predicted octanol–water partition coefficient (Wildman–Crippen LogP) is 1.46. The van der Waals surface area contributed by atoms with Gasteiger partial charge in [0.05, 0.1) is 25.2 Å². The Kier molecular flexibility index (Phi) is 5.76. The number of sulfonamides is 1. The molecular formula is C17H22FN5O3S. The molecule has 1 aliphatic rings. The molecule has 0 spiro atoms. The molecular weight excluding hydrogens is 373 g/mol. The highest BCUT2D eigenvalue weighted by atomic mass is 32.2. The Morgan fingerprint density at radius 3 is 2.52 bits per heavy atom. The molecule has 2 aromatic rings. The number of nitrogens with one attached hydrogen (secondary N) is 1. The minimum Gasteiger partial charge on any atom is -0.378 e. The Hall–Kier alpha value is -2.46. The summed E-state index contributed by atoms with van der Waals surface area (Å²) < 4.78 is 45.9. The molecule has 0 bridgehead atoms. The molecule has 1 aromatic carbocycles. The van der Waals surface area contributed by atoms with Gasteiger partial charge in [0.1, 0.15) is 11.5 Å². The van der Waals surface area contributed by atoms with Crippen molar-refractivity contribution >= 4 is 27.5 Å². The maximum atomic E-state index is 13.0. The van der Waals surface area contributed by atoms with E-state index in [0.29, 0.717) is 49.3 Å². The summed E-state index contributed by atoms with van der Waals surface area (Å²) in [6.07, 6.45) is 1.47. The normalized spacial score (nSPS) is 14.9. The van der Waals surface area contributed by atoms with Crippen molar-refractivity contribution in [1.82, 2.24) is 9.97 Å². The maximum absolute atomic E-state index is 13.0. The molecule has 1 saturated heterocycles. The second kappa shape index (κ2) is 8.05. The van der Waals surface area contributed by atoms with Crippen LogP contribution >= 0.6 is 0 Å². The fourth-order valence-corrected chi connectivity index (χ4v) is 3.88. The first-order valence-electron chi connectivity index (χ1n) is 8.46. The largest absolute Gasteiger partial charge is 0.378 e. The van der Waals surface area contributed by atoms with Gasteiger partial charge >= 0.3 is 0 Å². The Balaban J connectivity index is 1.81. The van der Waals surface area contributed by atoms with E-state index in [1.807, 2.05) is 4.90 Å². The number of rotatable bonds is 6. The number of ether oxygens (including phenoxy) is 1. The van der Waals surface area contributed by atoms with Crippen molar-refractivity contribution in [2.45, 2.75) is 5.75 Å². The van der Waals surface area contributed by atoms with E-state index >= 15 is 0 Å². The summed E-state index contributed by atoms with van der Waals surface area (Å²) in [6, 6.07) is 5.35. The minimum atomic E-state index is -3.71. The highest BCUT2D eigenvalue weighted by molar-refractivity contribution is 7.91. The van der Waals surface area contributed by atoms with Gasteiger partial charge < -0.3 is 14.5 Å². The molecule has 146 valence electrons. The molecule has 0 atom stereocenters. The van der Waals surface area contributed by atoms with Crippen molar-refractivity contribution in [2.75, 3.05) is 54.9 Å². The van der Waals surface area contributed by atoms with Crippen molar-refractivity contribution in [2.24, 2.45) is 0 Å². The Bertz CT molecular complexity index is 884. The van der Waals surface area contributed by atoms with Crippen LogP contribution in [0.2, 0.25) is 0 Å². The molecule has 1 aromatic heterocycles. The molecule has 0 radical (unpaired) electrons. The Morgan fingerprint density at radius 1 is 1.22 bits per heavy atom. The summed E-state index contributed by atoms with van der Waals surface area (Å²) in [6.45, 7) is 2.57. The number of morpholine rings is 1. The molecule has 8 nitrogen and oxygen atoms in total. The number of hydrogen-bond donors (Lipinski definition) is 1. The molecule has 0 saturated carbocycles. The van der Waals surface area contributed by atoms with Gasteiger partial charge in [0.15, 0.2) is 5.82 Å². The van der Waals surface area contributed by atoms with Crippen molar-refractivity contribution in [1.29, 1.82) is 0 Å². The average Bonchev–Trinajstić information content (AvgIpc) is 2.64. The minimum absolute atomic E-state index is 0.272. The van der Waals surface area contributed by atoms with E-state index in [-0.39, 0.29) is 5.75 Å². The van der Waals surface area contributed by atoms with Gasteiger partial charge in [-0.05, 0) is 17.7 Å². The molecule has 0 unspecified atom stereocenters. The van der Waals surface area contributed by atoms with Crippen molar-refractivity contribution < 1.29 is 17.5 Å². The lowest BCUT2D eigenvalue weighted by atomic mass is 10.2. The van der Waals surface area contributed by atoms with Crippen LogP contribution in [0.1, 0.15) is 5.56 Å². The van der Waals surface area contributed by atoms with E-state index in [0.717, 1.165) is 0 Å². The quantitative estimate of drug-likeness (QED) is 0.792. The fourth-order valence-electron chi connectivity index (χ4n) is 2.70. The number of nitrogens with zero attached hydrogens (tertiary/aromatic N) is 4. The van der Waals surface area contributed by atoms with Crippen LogP contribution in [0.5, 0.6) is 0 Å². The highest BCUT2D eigenvalue weighted by Crippen LogP contribution is 2.25. The topological polar surface area (TPSA) is 87.7 Å². The van der Waals surface area contributed by atoms with Gasteiger partial charge in [-0.3, -0.25) is 4.72 Å². The van der Waals surface area contributed by atoms with E-state index < -0.39 is 15.8 Å². The van der Waals surface area contributed by atoms with Crippen LogP contribution in [-0.4, -0.2) is 58.8 Å². The molecule has 1 aliphatic heterocycles. The first kappa shape index (κ1) is 19.3. The fraction of sp³-hybridized carbons (Fsp3) is 0.412. The molecule has 27 heavy (non-hydrogen) atoms. The SMILES string of the molecule is CN(C)c1nc(N2CCOCC2)ncc1NS(=O)(=O)Cc1ccc(F)cc1. The van der Waals surface area contributed by atoms with Gasteiger partial charge in [0, 0.05) is 27.2 Å². The smallest absolute Gasteiger partial charge is 0.237 e. The second-order valence-corrected chi connectivity index (χ2v) is 8.11. The Morgan fingerprint density at radius 2 is 1.89 bits per heavy atom. The van der Waals surface area contributed by atoms with Crippen LogP contribution in [0, 0.1) is 5.82 Å². The highest BCUT2D eigenvalue weighted by Gasteiger charge is 2.20. The summed E-state index contributed by atoms with van der Waals surface area (Å²) in [4.78, 5) is 12.5. The molecule has 1 N–H and O–H groups in total. The number of aromatic nitrogens is 2. The lowest BCUT2D eigenvalue weighted by molar-refractivity contribution is 0.122. The summed E-state index contributed by atoms with van der Waals surface area (Å²) >= 11 is 0. The molecule has 10 heteroatoms. The average molecular weight is 395 g/mol. The summed E-state index contributed by atoms with van der Waals surface area (Å²) in [7, 11) is -0.145. The van der Waals surface area contributed by atoms with E-state index in [4.69, 9.17) is 4.74 Å². The number of anilines is 3. The molecule has 2 heterocycles. The van der Waals surface area contributed by atoms with Crippen molar-refractivity contribution in [3.8, 4) is 0 Å². The molecule has 1 fully saturated rings. The van der Waals surface area contributed by atoms with Crippen LogP contribution in [0.25, 0.3) is 0 Å². The Labute approximate surface area is 158 Å². The first-order chi connectivity index (χ1) is 12.8. The van der Waals surface area contributed by atoms with Crippen molar-refractivity contribution in [3.05, 3.63) is 41.8 Å². The third-order valence-electron chi connectivity index (χ3n) is 4.01. The number of benzene rings is 1. The second-order valence-electron chi connectivity index (χ2n) is 6.39. The predicted molar refractivity (Wildman–Crippen MR) is 102 cm³/mol. The van der Waals surface area contributed by atoms with Gasteiger partial charge in [-0.15, -0.1) is 0 Å². The van der Waals surface area contributed by atoms with Gasteiger partial charge in [-0.1, -0.05) is 12.1 Å². The van der Waals surface area contributed by atoms with Gasteiger partial charge in [-0.25, -0.2) is 17.8 Å². The first-order valence-corrected chi connectivity index (χ1v) is 10.1. The standard InChI is InChI=1S/C17H22FN5O3S/c1-22(2)16-15(11-19-17(20-16)23-7-9-26-10-8-23)21-27(24,25)12-13-3-5-14(18)6-4-13/h3-6,11,21H,7-10,12H2,1-2H3. The van der Waals surface area contributed by atoms with Crippen LogP contribution in [0.3, 0.4) is 0 Å². The molecule has 3 rings (SSSR count). The lowest BCUT2D eigenvalue weighted by Gasteiger charge is -2.28. The molecule has 0 amide bonds. The number of halogens is 1. The summed E-state index contributed by atoms with van der Waals surface area (Å²) in [5, 5.41) is 0. The van der Waals surface area contributed by atoms with E-state index in [9.17, 15) is 12.8 Å². The zero-order valence-corrected chi connectivity index (χ0v) is 16.0. The van der Waals surface area contributed by atoms with Crippen LogP contribution in [-0.2, 0) is 20.5 Å². The van der Waals surface area contributed by atoms with E-state index in [2.05, 4.69) is 14.7 Å². The monoisotopic (exact) mass is 395 g/mol. The van der Waals surface area contributed by atoms with Crippen molar-refractivity contribution in [3.63, 3.8) is 0 Å². The van der Waals surface area contributed by atoms with Crippen LogP contribution in [0.4, 0.5) is 21.8 Å². The number of hydrogen-bond acceptors (Lipinski definition) is 7. The zero-order chi connectivity index (χ0) is 19.4. The van der Waals surface area contributed by atoms with Crippen LogP contribution < -0.4 is 14.5 Å². The summed E-state index contributed by atoms with van der Waals surface area (Å²) in [5.74, 6) is 0.314.